The van der Waals surface area contributed by atoms with Crippen molar-refractivity contribution >= 4 is 27.2 Å². The van der Waals surface area contributed by atoms with Crippen molar-refractivity contribution in [3.05, 3.63) is 78.2 Å². The second kappa shape index (κ2) is 8.41. The smallest absolute Gasteiger partial charge is 0.360 e. The first-order valence-corrected chi connectivity index (χ1v) is 10.2. The van der Waals surface area contributed by atoms with Gasteiger partial charge < -0.3 is 11.1 Å². The molecule has 0 aliphatic rings. The van der Waals surface area contributed by atoms with Crippen LogP contribution in [-0.2, 0) is 12.6 Å². The van der Waals surface area contributed by atoms with Gasteiger partial charge in [0.15, 0.2) is 5.13 Å². The number of nitrogens with one attached hydrogen (secondary N) is 1. The lowest BCUT2D eigenvalue weighted by Crippen LogP contribution is -2.31. The van der Waals surface area contributed by atoms with E-state index in [1.165, 1.54) is 23.5 Å². The summed E-state index contributed by atoms with van der Waals surface area (Å²) in [7, 11) is 0. The van der Waals surface area contributed by atoms with Crippen molar-refractivity contribution in [3.8, 4) is 10.4 Å². The van der Waals surface area contributed by atoms with Gasteiger partial charge in [-0.2, -0.15) is 13.2 Å². The fourth-order valence-corrected chi connectivity index (χ4v) is 3.97. The average Bonchev–Trinajstić information content (AvgIpc) is 3.21. The SMILES string of the molecule is NC(CNc1ncc(-c2ccc3cnccc3c2)s1)Cc1ccc(C(F)(F)F)cc1. The van der Waals surface area contributed by atoms with Crippen molar-refractivity contribution in [3.63, 3.8) is 0 Å². The van der Waals surface area contributed by atoms with E-state index >= 15 is 0 Å². The van der Waals surface area contributed by atoms with E-state index in [0.29, 0.717) is 13.0 Å². The van der Waals surface area contributed by atoms with Crippen molar-refractivity contribution < 1.29 is 13.2 Å². The minimum atomic E-state index is -4.33. The third-order valence-electron chi connectivity index (χ3n) is 4.73. The number of pyridine rings is 1. The highest BCUT2D eigenvalue weighted by molar-refractivity contribution is 7.18. The third kappa shape index (κ3) is 4.77. The Labute approximate surface area is 175 Å². The molecule has 4 nitrogen and oxygen atoms in total. The maximum absolute atomic E-state index is 12.6. The summed E-state index contributed by atoms with van der Waals surface area (Å²) in [5.41, 5.74) is 7.33. The van der Waals surface area contributed by atoms with Crippen LogP contribution in [0.1, 0.15) is 11.1 Å². The summed E-state index contributed by atoms with van der Waals surface area (Å²) < 4.78 is 37.9. The Morgan fingerprint density at radius 1 is 1.00 bits per heavy atom. The van der Waals surface area contributed by atoms with Crippen LogP contribution in [-0.4, -0.2) is 22.6 Å². The molecule has 3 N–H and O–H groups in total. The number of alkyl halides is 3. The van der Waals surface area contributed by atoms with Gasteiger partial charge in [-0.1, -0.05) is 35.6 Å². The zero-order chi connectivity index (χ0) is 21.1. The van der Waals surface area contributed by atoms with E-state index in [1.807, 2.05) is 30.6 Å². The first kappa shape index (κ1) is 20.3. The van der Waals surface area contributed by atoms with Crippen LogP contribution in [0.5, 0.6) is 0 Å². The molecule has 8 heteroatoms. The van der Waals surface area contributed by atoms with E-state index in [4.69, 9.17) is 5.73 Å². The predicted octanol–water partition coefficient (Wildman–Crippen LogP) is 5.36. The second-order valence-electron chi connectivity index (χ2n) is 7.01. The van der Waals surface area contributed by atoms with Gasteiger partial charge in [-0.05, 0) is 47.2 Å². The minimum Gasteiger partial charge on any atom is -0.360 e. The molecule has 0 saturated carbocycles. The largest absolute Gasteiger partial charge is 0.416 e. The zero-order valence-corrected chi connectivity index (χ0v) is 16.7. The van der Waals surface area contributed by atoms with Crippen LogP contribution in [0.2, 0.25) is 0 Å². The molecule has 2 aromatic carbocycles. The molecule has 1 atom stereocenters. The molecule has 2 aromatic heterocycles. The minimum absolute atomic E-state index is 0.248. The summed E-state index contributed by atoms with van der Waals surface area (Å²) in [5, 5.41) is 6.17. The molecule has 0 aliphatic heterocycles. The molecule has 0 radical (unpaired) electrons. The molecule has 0 saturated heterocycles. The molecule has 0 aliphatic carbocycles. The summed E-state index contributed by atoms with van der Waals surface area (Å²) in [6, 6.07) is 13.0. The van der Waals surface area contributed by atoms with Crippen LogP contribution in [0.25, 0.3) is 21.2 Å². The Morgan fingerprint density at radius 3 is 2.57 bits per heavy atom. The Hall–Kier alpha value is -2.97. The standard InChI is InChI=1S/C22H19F3N4S/c23-22(24,25)18-5-1-14(2-6-18)9-19(26)12-28-21-29-13-20(30-21)16-3-4-17-11-27-8-7-15(17)10-16/h1-8,10-11,13,19H,9,12,26H2,(H,28,29). The number of thiazole rings is 1. The molecule has 2 heterocycles. The highest BCUT2D eigenvalue weighted by atomic mass is 32.1. The fourth-order valence-electron chi connectivity index (χ4n) is 3.15. The summed E-state index contributed by atoms with van der Waals surface area (Å²) >= 11 is 1.53. The number of nitrogens with two attached hydrogens (primary N) is 1. The summed E-state index contributed by atoms with van der Waals surface area (Å²) in [6.45, 7) is 0.470. The highest BCUT2D eigenvalue weighted by Crippen LogP contribution is 2.31. The molecule has 4 rings (SSSR count). The molecule has 0 amide bonds. The number of benzene rings is 2. The number of rotatable bonds is 6. The van der Waals surface area contributed by atoms with Gasteiger partial charge in [-0.25, -0.2) is 4.98 Å². The molecule has 154 valence electrons. The average molecular weight is 428 g/mol. The topological polar surface area (TPSA) is 63.8 Å². The number of fused-ring (bicyclic) bond motifs is 1. The van der Waals surface area contributed by atoms with E-state index in [9.17, 15) is 13.2 Å². The van der Waals surface area contributed by atoms with E-state index in [2.05, 4.69) is 21.4 Å². The number of anilines is 1. The molecule has 0 fully saturated rings. The highest BCUT2D eigenvalue weighted by Gasteiger charge is 2.29. The van der Waals surface area contributed by atoms with E-state index in [1.54, 1.807) is 6.20 Å². The van der Waals surface area contributed by atoms with Gasteiger partial charge in [0, 0.05) is 36.6 Å². The molecule has 0 bridgehead atoms. The first-order valence-electron chi connectivity index (χ1n) is 9.34. The molecule has 0 spiro atoms. The van der Waals surface area contributed by atoms with Crippen molar-refractivity contribution in [1.82, 2.24) is 9.97 Å². The van der Waals surface area contributed by atoms with Crippen LogP contribution in [0.15, 0.2) is 67.1 Å². The summed E-state index contributed by atoms with van der Waals surface area (Å²) in [4.78, 5) is 9.56. The quantitative estimate of drug-likeness (QED) is 0.434. The van der Waals surface area contributed by atoms with Crippen LogP contribution < -0.4 is 11.1 Å². The van der Waals surface area contributed by atoms with Gasteiger partial charge in [-0.15, -0.1) is 0 Å². The van der Waals surface area contributed by atoms with E-state index in [0.717, 1.165) is 44.0 Å². The van der Waals surface area contributed by atoms with Gasteiger partial charge in [0.25, 0.3) is 0 Å². The molecular weight excluding hydrogens is 409 g/mol. The van der Waals surface area contributed by atoms with Gasteiger partial charge in [0.2, 0.25) is 0 Å². The van der Waals surface area contributed by atoms with Gasteiger partial charge in [-0.3, -0.25) is 4.98 Å². The first-order chi connectivity index (χ1) is 14.4. The van der Waals surface area contributed by atoms with E-state index in [-0.39, 0.29) is 6.04 Å². The lowest BCUT2D eigenvalue weighted by Gasteiger charge is -2.13. The second-order valence-corrected chi connectivity index (χ2v) is 8.04. The Kier molecular flexibility index (Phi) is 5.69. The maximum Gasteiger partial charge on any atom is 0.416 e. The summed E-state index contributed by atoms with van der Waals surface area (Å²) in [5.74, 6) is 0. The normalized spacial score (nSPS) is 12.8. The number of hydrogen-bond acceptors (Lipinski definition) is 5. The van der Waals surface area contributed by atoms with E-state index < -0.39 is 11.7 Å². The lowest BCUT2D eigenvalue weighted by molar-refractivity contribution is -0.137. The number of halogens is 3. The van der Waals surface area contributed by atoms with Gasteiger partial charge in [0.1, 0.15) is 0 Å². The Bertz CT molecular complexity index is 1140. The number of nitrogens with zero attached hydrogens (tertiary/aromatic N) is 2. The molecule has 30 heavy (non-hydrogen) atoms. The fraction of sp³-hybridized carbons (Fsp3) is 0.182. The van der Waals surface area contributed by atoms with Crippen molar-refractivity contribution in [1.29, 1.82) is 0 Å². The van der Waals surface area contributed by atoms with Crippen LogP contribution in [0.3, 0.4) is 0 Å². The van der Waals surface area contributed by atoms with Crippen molar-refractivity contribution in [2.75, 3.05) is 11.9 Å². The number of aromatic nitrogens is 2. The molecule has 4 aromatic rings. The predicted molar refractivity (Wildman–Crippen MR) is 114 cm³/mol. The monoisotopic (exact) mass is 428 g/mol. The van der Waals surface area contributed by atoms with Crippen molar-refractivity contribution in [2.45, 2.75) is 18.6 Å². The summed E-state index contributed by atoms with van der Waals surface area (Å²) in [6.07, 6.45) is 1.56. The molecular formula is C22H19F3N4S. The van der Waals surface area contributed by atoms with Gasteiger partial charge in [0.05, 0.1) is 10.4 Å². The maximum atomic E-state index is 12.6. The van der Waals surface area contributed by atoms with Crippen LogP contribution >= 0.6 is 11.3 Å². The number of hydrogen-bond donors (Lipinski definition) is 2. The Morgan fingerprint density at radius 2 is 1.80 bits per heavy atom. The van der Waals surface area contributed by atoms with Crippen LogP contribution in [0.4, 0.5) is 18.3 Å². The lowest BCUT2D eigenvalue weighted by atomic mass is 10.0. The Balaban J connectivity index is 1.35. The van der Waals surface area contributed by atoms with Gasteiger partial charge >= 0.3 is 6.18 Å². The van der Waals surface area contributed by atoms with Crippen molar-refractivity contribution in [2.24, 2.45) is 5.73 Å². The zero-order valence-electron chi connectivity index (χ0n) is 15.9. The van der Waals surface area contributed by atoms with Crippen LogP contribution in [0, 0.1) is 0 Å². The molecule has 1 unspecified atom stereocenters. The third-order valence-corrected chi connectivity index (χ3v) is 5.73.